The van der Waals surface area contributed by atoms with E-state index >= 15 is 0 Å². The van der Waals surface area contributed by atoms with Crippen LogP contribution in [0, 0.1) is 11.3 Å². The summed E-state index contributed by atoms with van der Waals surface area (Å²) >= 11 is 0. The van der Waals surface area contributed by atoms with Crippen molar-refractivity contribution in [1.82, 2.24) is 4.98 Å². The van der Waals surface area contributed by atoms with E-state index in [2.05, 4.69) is 35.4 Å². The van der Waals surface area contributed by atoms with Crippen molar-refractivity contribution in [2.45, 2.75) is 13.3 Å². The van der Waals surface area contributed by atoms with Gasteiger partial charge in [0.05, 0.1) is 16.8 Å². The quantitative estimate of drug-likeness (QED) is 0.768. The van der Waals surface area contributed by atoms with Crippen molar-refractivity contribution in [1.29, 1.82) is 5.26 Å². The van der Waals surface area contributed by atoms with E-state index in [1.165, 1.54) is 5.56 Å². The number of rotatable bonds is 3. The number of benzene rings is 2. The Morgan fingerprint density at radius 1 is 1.14 bits per heavy atom. The molecular formula is C18H15N3. The fraction of sp³-hybridized carbons (Fsp3) is 0.111. The molecule has 21 heavy (non-hydrogen) atoms. The van der Waals surface area contributed by atoms with Crippen LogP contribution in [0.2, 0.25) is 0 Å². The minimum atomic E-state index is 0.551. The van der Waals surface area contributed by atoms with Gasteiger partial charge in [-0.1, -0.05) is 37.3 Å². The van der Waals surface area contributed by atoms with Gasteiger partial charge < -0.3 is 5.32 Å². The highest BCUT2D eigenvalue weighted by molar-refractivity contribution is 5.95. The lowest BCUT2D eigenvalue weighted by atomic mass is 10.1. The summed E-state index contributed by atoms with van der Waals surface area (Å²) in [6, 6.07) is 18.3. The van der Waals surface area contributed by atoms with E-state index in [0.29, 0.717) is 5.56 Å². The molecule has 0 bridgehead atoms. The molecule has 0 aliphatic carbocycles. The van der Waals surface area contributed by atoms with Crippen molar-refractivity contribution in [2.75, 3.05) is 5.32 Å². The van der Waals surface area contributed by atoms with Gasteiger partial charge in [-0.25, -0.2) is 0 Å². The summed E-state index contributed by atoms with van der Waals surface area (Å²) in [5, 5.41) is 13.7. The van der Waals surface area contributed by atoms with Gasteiger partial charge in [0, 0.05) is 17.3 Å². The van der Waals surface area contributed by atoms with Crippen molar-refractivity contribution in [3.8, 4) is 6.07 Å². The van der Waals surface area contributed by atoms with E-state index in [1.54, 1.807) is 6.20 Å². The molecular weight excluding hydrogens is 258 g/mol. The van der Waals surface area contributed by atoms with E-state index in [9.17, 15) is 5.26 Å². The molecule has 3 heteroatoms. The summed E-state index contributed by atoms with van der Waals surface area (Å²) in [5.74, 6) is 0. The van der Waals surface area contributed by atoms with E-state index in [4.69, 9.17) is 0 Å². The number of nitriles is 1. The minimum Gasteiger partial charge on any atom is -0.354 e. The van der Waals surface area contributed by atoms with Gasteiger partial charge in [-0.05, 0) is 30.2 Å². The molecule has 0 fully saturated rings. The molecule has 0 saturated carbocycles. The predicted octanol–water partition coefficient (Wildman–Crippen LogP) is 4.41. The molecule has 3 rings (SSSR count). The lowest BCUT2D eigenvalue weighted by molar-refractivity contribution is 1.14. The second kappa shape index (κ2) is 5.64. The van der Waals surface area contributed by atoms with Crippen molar-refractivity contribution in [3.05, 3.63) is 65.9 Å². The van der Waals surface area contributed by atoms with Crippen LogP contribution in [0.15, 0.2) is 54.7 Å². The normalized spacial score (nSPS) is 10.3. The summed E-state index contributed by atoms with van der Waals surface area (Å²) < 4.78 is 0. The summed E-state index contributed by atoms with van der Waals surface area (Å²) in [6.45, 7) is 2.13. The highest BCUT2D eigenvalue weighted by Gasteiger charge is 2.08. The molecule has 0 unspecified atom stereocenters. The third-order valence-electron chi connectivity index (χ3n) is 3.50. The van der Waals surface area contributed by atoms with Gasteiger partial charge in [0.2, 0.25) is 0 Å². The summed E-state index contributed by atoms with van der Waals surface area (Å²) in [4.78, 5) is 4.33. The number of pyridine rings is 1. The van der Waals surface area contributed by atoms with Crippen LogP contribution in [-0.4, -0.2) is 4.98 Å². The molecule has 0 amide bonds. The molecule has 3 aromatic rings. The fourth-order valence-electron chi connectivity index (χ4n) is 2.37. The van der Waals surface area contributed by atoms with Gasteiger partial charge in [-0.2, -0.15) is 5.26 Å². The highest BCUT2D eigenvalue weighted by atomic mass is 14.9. The molecule has 102 valence electrons. The van der Waals surface area contributed by atoms with Crippen molar-refractivity contribution < 1.29 is 0 Å². The summed E-state index contributed by atoms with van der Waals surface area (Å²) in [7, 11) is 0. The first-order valence-electron chi connectivity index (χ1n) is 6.95. The average Bonchev–Trinajstić information content (AvgIpc) is 2.55. The largest absolute Gasteiger partial charge is 0.354 e. The lowest BCUT2D eigenvalue weighted by Crippen LogP contribution is -1.97. The Hall–Kier alpha value is -2.86. The number of aryl methyl sites for hydroxylation is 1. The number of fused-ring (bicyclic) bond motifs is 1. The maximum atomic E-state index is 9.33. The Bertz CT molecular complexity index is 831. The van der Waals surface area contributed by atoms with Gasteiger partial charge in [0.25, 0.3) is 0 Å². The van der Waals surface area contributed by atoms with Gasteiger partial charge in [0.1, 0.15) is 6.07 Å². The highest BCUT2D eigenvalue weighted by Crippen LogP contribution is 2.28. The van der Waals surface area contributed by atoms with E-state index in [-0.39, 0.29) is 0 Å². The Morgan fingerprint density at radius 3 is 2.81 bits per heavy atom. The molecule has 0 spiro atoms. The monoisotopic (exact) mass is 273 g/mol. The maximum Gasteiger partial charge on any atom is 0.103 e. The van der Waals surface area contributed by atoms with E-state index in [1.807, 2.05) is 36.4 Å². The number of nitrogens with one attached hydrogen (secondary N) is 1. The van der Waals surface area contributed by atoms with Crippen LogP contribution >= 0.6 is 0 Å². The van der Waals surface area contributed by atoms with Crippen LogP contribution in [-0.2, 0) is 6.42 Å². The van der Waals surface area contributed by atoms with Gasteiger partial charge in [-0.3, -0.25) is 4.98 Å². The Balaban J connectivity index is 2.12. The fourth-order valence-corrected chi connectivity index (χ4v) is 2.37. The number of hydrogen-bond donors (Lipinski definition) is 1. The lowest BCUT2D eigenvalue weighted by Gasteiger charge is -2.12. The number of para-hydroxylation sites is 1. The first-order chi connectivity index (χ1) is 10.3. The van der Waals surface area contributed by atoms with Crippen LogP contribution in [0.1, 0.15) is 18.1 Å². The third-order valence-corrected chi connectivity index (χ3v) is 3.50. The van der Waals surface area contributed by atoms with Gasteiger partial charge >= 0.3 is 0 Å². The summed E-state index contributed by atoms with van der Waals surface area (Å²) in [6.07, 6.45) is 2.60. The zero-order valence-corrected chi connectivity index (χ0v) is 11.8. The van der Waals surface area contributed by atoms with Crippen molar-refractivity contribution in [2.24, 2.45) is 0 Å². The topological polar surface area (TPSA) is 48.7 Å². The first-order valence-corrected chi connectivity index (χ1v) is 6.95. The predicted molar refractivity (Wildman–Crippen MR) is 85.6 cm³/mol. The minimum absolute atomic E-state index is 0.551. The van der Waals surface area contributed by atoms with Crippen LogP contribution in [0.5, 0.6) is 0 Å². The molecule has 0 aliphatic heterocycles. The number of anilines is 2. The van der Waals surface area contributed by atoms with Gasteiger partial charge in [-0.15, -0.1) is 0 Å². The number of nitrogens with zero attached hydrogens (tertiary/aromatic N) is 2. The molecule has 1 N–H and O–H groups in total. The third kappa shape index (κ3) is 2.56. The van der Waals surface area contributed by atoms with Crippen LogP contribution < -0.4 is 5.32 Å². The molecule has 3 nitrogen and oxygen atoms in total. The molecule has 0 saturated heterocycles. The second-order valence-electron chi connectivity index (χ2n) is 4.85. The second-order valence-corrected chi connectivity index (χ2v) is 4.85. The molecule has 1 heterocycles. The Kier molecular flexibility index (Phi) is 3.53. The van der Waals surface area contributed by atoms with Crippen LogP contribution in [0.3, 0.4) is 0 Å². The zero-order valence-electron chi connectivity index (χ0n) is 11.8. The Labute approximate surface area is 123 Å². The van der Waals surface area contributed by atoms with Crippen molar-refractivity contribution >= 4 is 22.3 Å². The smallest absolute Gasteiger partial charge is 0.103 e. The van der Waals surface area contributed by atoms with Crippen molar-refractivity contribution in [3.63, 3.8) is 0 Å². The first kappa shape index (κ1) is 13.1. The van der Waals surface area contributed by atoms with E-state index in [0.717, 1.165) is 28.7 Å². The van der Waals surface area contributed by atoms with Crippen LogP contribution in [0.25, 0.3) is 10.9 Å². The average molecular weight is 273 g/mol. The zero-order chi connectivity index (χ0) is 14.7. The maximum absolute atomic E-state index is 9.33. The SMILES string of the molecule is CCc1cccc(Nc2c(C#N)cnc3ccccc23)c1. The van der Waals surface area contributed by atoms with E-state index < -0.39 is 0 Å². The van der Waals surface area contributed by atoms with Gasteiger partial charge in [0.15, 0.2) is 0 Å². The molecule has 0 aliphatic rings. The number of hydrogen-bond acceptors (Lipinski definition) is 3. The molecule has 0 radical (unpaired) electrons. The van der Waals surface area contributed by atoms with Crippen LogP contribution in [0.4, 0.5) is 11.4 Å². The summed E-state index contributed by atoms with van der Waals surface area (Å²) in [5.41, 5.74) is 4.50. The molecule has 1 aromatic heterocycles. The Morgan fingerprint density at radius 2 is 2.00 bits per heavy atom. The number of aromatic nitrogens is 1. The molecule has 2 aromatic carbocycles. The standard InChI is InChI=1S/C18H15N3/c1-2-13-6-5-7-15(10-13)21-18-14(11-19)12-20-17-9-4-3-8-16(17)18/h3-10,12H,2H2,1H3,(H,20,21). The molecule has 0 atom stereocenters.